The lowest BCUT2D eigenvalue weighted by molar-refractivity contribution is 0.425. The van der Waals surface area contributed by atoms with E-state index < -0.39 is 0 Å². The molecule has 2 atom stereocenters. The van der Waals surface area contributed by atoms with Gasteiger partial charge >= 0.3 is 0 Å². The fraction of sp³-hybridized carbons (Fsp3) is 0.353. The number of aromatic hydroxyl groups is 2. The third-order valence-corrected chi connectivity index (χ3v) is 3.98. The quantitative estimate of drug-likeness (QED) is 0.798. The predicted octanol–water partition coefficient (Wildman–Crippen LogP) is 3.99. The zero-order valence-corrected chi connectivity index (χ0v) is 11.8. The monoisotopic (exact) mass is 269 g/mol. The van der Waals surface area contributed by atoms with Crippen LogP contribution in [0.1, 0.15) is 43.7 Å². The molecule has 0 bridgehead atoms. The lowest BCUT2D eigenvalue weighted by atomic mass is 9.73. The average Bonchev–Trinajstić information content (AvgIpc) is 2.37. The maximum Gasteiger partial charge on any atom is 0.124 e. The smallest absolute Gasteiger partial charge is 0.124 e. The van der Waals surface area contributed by atoms with Gasteiger partial charge < -0.3 is 10.2 Å². The highest BCUT2D eigenvalue weighted by molar-refractivity contribution is 5.54. The molecule has 3 nitrogen and oxygen atoms in total. The summed E-state index contributed by atoms with van der Waals surface area (Å²) in [6.45, 7) is 8.08. The second kappa shape index (κ2) is 5.42. The van der Waals surface area contributed by atoms with Crippen molar-refractivity contribution in [3.63, 3.8) is 0 Å². The van der Waals surface area contributed by atoms with Crippen molar-refractivity contribution in [2.24, 2.45) is 5.92 Å². The molecule has 0 fully saturated rings. The summed E-state index contributed by atoms with van der Waals surface area (Å²) in [5, 5.41) is 29.0. The molecular weight excluding hydrogens is 250 g/mol. The molecule has 0 amide bonds. The van der Waals surface area contributed by atoms with Gasteiger partial charge in [0.2, 0.25) is 0 Å². The molecule has 1 aromatic rings. The summed E-state index contributed by atoms with van der Waals surface area (Å²) >= 11 is 0. The van der Waals surface area contributed by atoms with Crippen LogP contribution in [-0.2, 0) is 0 Å². The van der Waals surface area contributed by atoms with Gasteiger partial charge in [-0.2, -0.15) is 5.26 Å². The molecule has 1 aliphatic rings. The number of benzene rings is 1. The van der Waals surface area contributed by atoms with Crippen LogP contribution in [0.3, 0.4) is 0 Å². The Bertz CT molecular complexity index is 623. The van der Waals surface area contributed by atoms with Gasteiger partial charge in [0.25, 0.3) is 0 Å². The first-order chi connectivity index (χ1) is 9.43. The number of nitrogens with zero attached hydrogens (tertiary/aromatic N) is 1. The number of hydrogen-bond acceptors (Lipinski definition) is 3. The first-order valence-electron chi connectivity index (χ1n) is 6.72. The van der Waals surface area contributed by atoms with Crippen LogP contribution < -0.4 is 0 Å². The maximum absolute atomic E-state index is 10.2. The molecule has 2 N–H and O–H groups in total. The molecular formula is C17H19NO2. The van der Waals surface area contributed by atoms with Crippen LogP contribution in [0.15, 0.2) is 35.9 Å². The summed E-state index contributed by atoms with van der Waals surface area (Å²) < 4.78 is 0. The highest BCUT2D eigenvalue weighted by Crippen LogP contribution is 2.44. The summed E-state index contributed by atoms with van der Waals surface area (Å²) in [6.07, 6.45) is 4.08. The van der Waals surface area contributed by atoms with Crippen molar-refractivity contribution in [3.05, 3.63) is 47.1 Å². The van der Waals surface area contributed by atoms with Crippen LogP contribution in [0.5, 0.6) is 11.5 Å². The molecule has 0 heterocycles. The van der Waals surface area contributed by atoms with Crippen LogP contribution in [0.25, 0.3) is 0 Å². The number of rotatable bonds is 2. The molecule has 0 spiro atoms. The minimum Gasteiger partial charge on any atom is -0.508 e. The second-order valence-corrected chi connectivity index (χ2v) is 5.57. The van der Waals surface area contributed by atoms with E-state index in [2.05, 4.69) is 25.6 Å². The molecule has 0 saturated carbocycles. The van der Waals surface area contributed by atoms with Crippen molar-refractivity contribution in [2.75, 3.05) is 0 Å². The van der Waals surface area contributed by atoms with Crippen LogP contribution in [0.2, 0.25) is 0 Å². The Balaban J connectivity index is 2.61. The molecule has 0 aromatic heterocycles. The fourth-order valence-electron chi connectivity index (χ4n) is 2.97. The van der Waals surface area contributed by atoms with Crippen LogP contribution >= 0.6 is 0 Å². The summed E-state index contributed by atoms with van der Waals surface area (Å²) in [5.41, 5.74) is 3.22. The van der Waals surface area contributed by atoms with E-state index >= 15 is 0 Å². The molecule has 1 aromatic carbocycles. The van der Waals surface area contributed by atoms with E-state index in [0.717, 1.165) is 18.4 Å². The summed E-state index contributed by atoms with van der Waals surface area (Å²) in [5.74, 6) is 0.0349. The Morgan fingerprint density at radius 2 is 2.10 bits per heavy atom. The first kappa shape index (κ1) is 14.2. The van der Waals surface area contributed by atoms with Crippen molar-refractivity contribution < 1.29 is 10.2 Å². The zero-order chi connectivity index (χ0) is 14.9. The molecule has 20 heavy (non-hydrogen) atoms. The van der Waals surface area contributed by atoms with Crippen molar-refractivity contribution in [2.45, 2.75) is 32.6 Å². The first-order valence-corrected chi connectivity index (χ1v) is 6.72. The highest BCUT2D eigenvalue weighted by atomic mass is 16.3. The van der Waals surface area contributed by atoms with E-state index in [1.54, 1.807) is 0 Å². The Morgan fingerprint density at radius 3 is 2.70 bits per heavy atom. The van der Waals surface area contributed by atoms with Gasteiger partial charge in [0.05, 0.1) is 11.6 Å². The number of phenolic OH excluding ortho intramolecular Hbond substituents is 2. The van der Waals surface area contributed by atoms with Gasteiger partial charge in [-0.1, -0.05) is 23.8 Å². The van der Waals surface area contributed by atoms with Gasteiger partial charge in [0, 0.05) is 17.5 Å². The van der Waals surface area contributed by atoms with Crippen molar-refractivity contribution in [1.29, 1.82) is 5.26 Å². The van der Waals surface area contributed by atoms with E-state index in [0.29, 0.717) is 11.1 Å². The topological polar surface area (TPSA) is 64.2 Å². The van der Waals surface area contributed by atoms with Crippen LogP contribution in [-0.4, -0.2) is 10.2 Å². The zero-order valence-electron chi connectivity index (χ0n) is 11.8. The van der Waals surface area contributed by atoms with Gasteiger partial charge in [0.15, 0.2) is 0 Å². The van der Waals surface area contributed by atoms with Crippen molar-refractivity contribution in [1.82, 2.24) is 0 Å². The number of hydrogen-bond donors (Lipinski definition) is 2. The van der Waals surface area contributed by atoms with Gasteiger partial charge in [-0.25, -0.2) is 0 Å². The Morgan fingerprint density at radius 1 is 1.40 bits per heavy atom. The molecule has 104 valence electrons. The number of nitriles is 1. The summed E-state index contributed by atoms with van der Waals surface area (Å²) in [7, 11) is 0. The number of phenols is 2. The van der Waals surface area contributed by atoms with E-state index in [-0.39, 0.29) is 23.3 Å². The highest BCUT2D eigenvalue weighted by Gasteiger charge is 2.29. The molecule has 0 unspecified atom stereocenters. The lowest BCUT2D eigenvalue weighted by Crippen LogP contribution is -2.18. The third kappa shape index (κ3) is 2.55. The SMILES string of the molecule is C=C(C)[C@@H]1CCC(C)=C[C@H]1c1c(O)cc(O)cc1C#N. The normalized spacial score (nSPS) is 21.9. The van der Waals surface area contributed by atoms with Gasteiger partial charge in [-0.05, 0) is 38.7 Å². The second-order valence-electron chi connectivity index (χ2n) is 5.57. The minimum absolute atomic E-state index is 0.0243. The minimum atomic E-state index is -0.0915. The van der Waals surface area contributed by atoms with E-state index in [1.807, 2.05) is 6.92 Å². The molecule has 0 radical (unpaired) electrons. The van der Waals surface area contributed by atoms with Crippen LogP contribution in [0, 0.1) is 17.2 Å². The summed E-state index contributed by atoms with van der Waals surface area (Å²) in [6, 6.07) is 4.77. The Labute approximate surface area is 119 Å². The largest absolute Gasteiger partial charge is 0.508 e. The van der Waals surface area contributed by atoms with Gasteiger partial charge in [-0.15, -0.1) is 0 Å². The van der Waals surface area contributed by atoms with E-state index in [9.17, 15) is 15.5 Å². The Kier molecular flexibility index (Phi) is 3.85. The standard InChI is InChI=1S/C17H19NO2/c1-10(2)14-5-4-11(3)6-15(14)17-12(9-18)7-13(19)8-16(17)20/h6-8,14-15,19-20H,1,4-5H2,2-3H3/t14-,15+/m0/s1. The van der Waals surface area contributed by atoms with Gasteiger partial charge in [-0.3, -0.25) is 0 Å². The van der Waals surface area contributed by atoms with Gasteiger partial charge in [0.1, 0.15) is 11.5 Å². The molecule has 1 aliphatic carbocycles. The van der Waals surface area contributed by atoms with E-state index in [4.69, 9.17) is 0 Å². The molecule has 3 heteroatoms. The maximum atomic E-state index is 10.2. The average molecular weight is 269 g/mol. The molecule has 0 aliphatic heterocycles. The van der Waals surface area contributed by atoms with Crippen LogP contribution in [0.4, 0.5) is 0 Å². The lowest BCUT2D eigenvalue weighted by Gasteiger charge is -2.31. The molecule has 0 saturated heterocycles. The third-order valence-electron chi connectivity index (χ3n) is 3.98. The number of allylic oxidation sites excluding steroid dienone is 3. The molecule has 2 rings (SSSR count). The van der Waals surface area contributed by atoms with Crippen molar-refractivity contribution >= 4 is 0 Å². The Hall–Kier alpha value is -2.21. The predicted molar refractivity (Wildman–Crippen MR) is 78.5 cm³/mol. The van der Waals surface area contributed by atoms with E-state index in [1.165, 1.54) is 17.7 Å². The summed E-state index contributed by atoms with van der Waals surface area (Å²) in [4.78, 5) is 0. The van der Waals surface area contributed by atoms with Crippen molar-refractivity contribution in [3.8, 4) is 17.6 Å². The fourth-order valence-corrected chi connectivity index (χ4v) is 2.97.